The van der Waals surface area contributed by atoms with Gasteiger partial charge in [0.15, 0.2) is 5.96 Å². The number of guanidine groups is 1. The molecule has 2 N–H and O–H groups in total. The summed E-state index contributed by atoms with van der Waals surface area (Å²) in [4.78, 5) is 8.64. The third-order valence-corrected chi connectivity index (χ3v) is 2.88. The van der Waals surface area contributed by atoms with Gasteiger partial charge in [0.25, 0.3) is 0 Å². The summed E-state index contributed by atoms with van der Waals surface area (Å²) in [6.07, 6.45) is 10.7. The molecule has 5 nitrogen and oxygen atoms in total. The minimum atomic E-state index is 0. The number of benzene rings is 1. The van der Waals surface area contributed by atoms with Crippen molar-refractivity contribution in [2.75, 3.05) is 13.1 Å². The van der Waals surface area contributed by atoms with Crippen LogP contribution in [0.15, 0.2) is 48.0 Å². The number of para-hydroxylation sites is 1. The highest BCUT2D eigenvalue weighted by Crippen LogP contribution is 2.14. The lowest BCUT2D eigenvalue weighted by Crippen LogP contribution is -2.37. The Hall–Kier alpha value is -2.01. The number of aromatic nitrogens is 2. The van der Waals surface area contributed by atoms with E-state index in [1.807, 2.05) is 35.9 Å². The summed E-state index contributed by atoms with van der Waals surface area (Å²) in [6.45, 7) is 3.83. The zero-order valence-corrected chi connectivity index (χ0v) is 14.8. The Bertz CT molecular complexity index is 628. The molecule has 0 saturated carbocycles. The first-order chi connectivity index (χ1) is 10.3. The molecular formula is C16H20IN5. The second-order valence-corrected chi connectivity index (χ2v) is 4.35. The SMILES string of the molecule is C#CCNC(=NCc1ccccc1-n1ccnc1)NCC.I. The minimum Gasteiger partial charge on any atom is -0.357 e. The van der Waals surface area contributed by atoms with Crippen LogP contribution in [0, 0.1) is 12.3 Å². The molecule has 1 aromatic heterocycles. The molecule has 0 atom stereocenters. The van der Waals surface area contributed by atoms with Gasteiger partial charge in [0.2, 0.25) is 0 Å². The van der Waals surface area contributed by atoms with E-state index in [0.717, 1.165) is 23.8 Å². The fourth-order valence-corrected chi connectivity index (χ4v) is 1.94. The highest BCUT2D eigenvalue weighted by Gasteiger charge is 2.03. The molecule has 1 heterocycles. The lowest BCUT2D eigenvalue weighted by molar-refractivity contribution is 0.861. The Kier molecular flexibility index (Phi) is 8.07. The van der Waals surface area contributed by atoms with Gasteiger partial charge in [-0.25, -0.2) is 9.98 Å². The molecule has 0 aliphatic rings. The molecule has 116 valence electrons. The number of aliphatic imine (C=N–C) groups is 1. The van der Waals surface area contributed by atoms with Crippen molar-refractivity contribution in [2.24, 2.45) is 4.99 Å². The van der Waals surface area contributed by atoms with Crippen molar-refractivity contribution >= 4 is 29.9 Å². The van der Waals surface area contributed by atoms with Crippen LogP contribution in [0.4, 0.5) is 0 Å². The summed E-state index contributed by atoms with van der Waals surface area (Å²) in [7, 11) is 0. The zero-order valence-electron chi connectivity index (χ0n) is 12.5. The first-order valence-corrected chi connectivity index (χ1v) is 6.87. The number of nitrogens with zero attached hydrogens (tertiary/aromatic N) is 3. The second-order valence-electron chi connectivity index (χ2n) is 4.35. The van der Waals surface area contributed by atoms with Crippen molar-refractivity contribution in [3.8, 4) is 18.0 Å². The van der Waals surface area contributed by atoms with E-state index in [0.29, 0.717) is 13.1 Å². The van der Waals surface area contributed by atoms with Gasteiger partial charge in [-0.05, 0) is 18.6 Å². The van der Waals surface area contributed by atoms with E-state index >= 15 is 0 Å². The predicted octanol–water partition coefficient (Wildman–Crippen LogP) is 2.18. The fourth-order valence-electron chi connectivity index (χ4n) is 1.94. The molecule has 6 heteroatoms. The summed E-state index contributed by atoms with van der Waals surface area (Å²) in [5, 5.41) is 6.24. The smallest absolute Gasteiger partial charge is 0.192 e. The molecule has 22 heavy (non-hydrogen) atoms. The van der Waals surface area contributed by atoms with Crippen molar-refractivity contribution < 1.29 is 0 Å². The molecule has 2 rings (SSSR count). The van der Waals surface area contributed by atoms with Gasteiger partial charge in [-0.15, -0.1) is 30.4 Å². The van der Waals surface area contributed by atoms with Crippen LogP contribution in [0.3, 0.4) is 0 Å². The predicted molar refractivity (Wildman–Crippen MR) is 101 cm³/mol. The summed E-state index contributed by atoms with van der Waals surface area (Å²) in [6, 6.07) is 8.12. The molecule has 2 aromatic rings. The monoisotopic (exact) mass is 409 g/mol. The lowest BCUT2D eigenvalue weighted by atomic mass is 10.2. The topological polar surface area (TPSA) is 54.2 Å². The fraction of sp³-hybridized carbons (Fsp3) is 0.250. The van der Waals surface area contributed by atoms with Crippen LogP contribution in [0.25, 0.3) is 5.69 Å². The third kappa shape index (κ3) is 5.07. The van der Waals surface area contributed by atoms with Crippen LogP contribution in [-0.2, 0) is 6.54 Å². The first-order valence-electron chi connectivity index (χ1n) is 6.87. The number of hydrogen-bond donors (Lipinski definition) is 2. The maximum absolute atomic E-state index is 5.26. The molecule has 0 radical (unpaired) electrons. The number of halogens is 1. The minimum absolute atomic E-state index is 0. The third-order valence-electron chi connectivity index (χ3n) is 2.88. The Morgan fingerprint density at radius 1 is 1.36 bits per heavy atom. The van der Waals surface area contributed by atoms with Crippen LogP contribution >= 0.6 is 24.0 Å². The van der Waals surface area contributed by atoms with Crippen LogP contribution in [0.2, 0.25) is 0 Å². The lowest BCUT2D eigenvalue weighted by Gasteiger charge is -2.11. The Morgan fingerprint density at radius 3 is 2.86 bits per heavy atom. The summed E-state index contributed by atoms with van der Waals surface area (Å²) in [5.41, 5.74) is 2.19. The Morgan fingerprint density at radius 2 is 2.18 bits per heavy atom. The zero-order chi connectivity index (χ0) is 14.9. The maximum Gasteiger partial charge on any atom is 0.192 e. The van der Waals surface area contributed by atoms with Gasteiger partial charge < -0.3 is 15.2 Å². The van der Waals surface area contributed by atoms with Gasteiger partial charge in [-0.2, -0.15) is 0 Å². The molecule has 0 spiro atoms. The average Bonchev–Trinajstić information content (AvgIpc) is 3.04. The van der Waals surface area contributed by atoms with E-state index in [2.05, 4.69) is 32.6 Å². The van der Waals surface area contributed by atoms with Crippen LogP contribution in [0.1, 0.15) is 12.5 Å². The molecule has 1 aromatic carbocycles. The van der Waals surface area contributed by atoms with Crippen molar-refractivity contribution in [1.29, 1.82) is 0 Å². The molecule has 0 fully saturated rings. The van der Waals surface area contributed by atoms with Crippen molar-refractivity contribution in [1.82, 2.24) is 20.2 Å². The van der Waals surface area contributed by atoms with Gasteiger partial charge in [-0.3, -0.25) is 0 Å². The van der Waals surface area contributed by atoms with Crippen molar-refractivity contribution in [3.63, 3.8) is 0 Å². The second kappa shape index (κ2) is 9.84. The number of nitrogens with one attached hydrogen (secondary N) is 2. The summed E-state index contributed by atoms with van der Waals surface area (Å²) >= 11 is 0. The van der Waals surface area contributed by atoms with Gasteiger partial charge >= 0.3 is 0 Å². The molecule has 0 amide bonds. The maximum atomic E-state index is 5.26. The van der Waals surface area contributed by atoms with E-state index in [9.17, 15) is 0 Å². The molecule has 0 aliphatic carbocycles. The van der Waals surface area contributed by atoms with Crippen LogP contribution in [-0.4, -0.2) is 28.6 Å². The van der Waals surface area contributed by atoms with E-state index in [4.69, 9.17) is 6.42 Å². The number of hydrogen-bond acceptors (Lipinski definition) is 2. The van der Waals surface area contributed by atoms with E-state index in [1.54, 1.807) is 12.5 Å². The number of imidazole rings is 1. The van der Waals surface area contributed by atoms with Gasteiger partial charge in [0.1, 0.15) is 0 Å². The van der Waals surface area contributed by atoms with Gasteiger partial charge in [0, 0.05) is 18.9 Å². The molecular weight excluding hydrogens is 389 g/mol. The van der Waals surface area contributed by atoms with E-state index in [-0.39, 0.29) is 24.0 Å². The Balaban J connectivity index is 0.00000242. The van der Waals surface area contributed by atoms with Gasteiger partial charge in [0.05, 0.1) is 25.1 Å². The average molecular weight is 409 g/mol. The normalized spacial score (nSPS) is 10.5. The standard InChI is InChI=1S/C16H19N5.HI/c1-3-9-19-16(18-4-2)20-12-14-7-5-6-8-15(14)21-11-10-17-13-21;/h1,5-8,10-11,13H,4,9,12H2,2H3,(H2,18,19,20);1H. The van der Waals surface area contributed by atoms with Crippen molar-refractivity contribution in [3.05, 3.63) is 48.5 Å². The highest BCUT2D eigenvalue weighted by atomic mass is 127. The van der Waals surface area contributed by atoms with E-state index < -0.39 is 0 Å². The number of terminal acetylenes is 1. The van der Waals surface area contributed by atoms with E-state index in [1.165, 1.54) is 0 Å². The first kappa shape index (κ1) is 18.0. The summed E-state index contributed by atoms with van der Waals surface area (Å²) in [5.74, 6) is 3.26. The van der Waals surface area contributed by atoms with Crippen molar-refractivity contribution in [2.45, 2.75) is 13.5 Å². The Labute approximate surface area is 148 Å². The molecule has 0 bridgehead atoms. The molecule has 0 unspecified atom stereocenters. The van der Waals surface area contributed by atoms with Gasteiger partial charge in [-0.1, -0.05) is 24.1 Å². The molecule has 0 aliphatic heterocycles. The molecule has 0 saturated heterocycles. The van der Waals surface area contributed by atoms with Crippen LogP contribution < -0.4 is 10.6 Å². The van der Waals surface area contributed by atoms with Crippen LogP contribution in [0.5, 0.6) is 0 Å². The number of rotatable bonds is 5. The largest absolute Gasteiger partial charge is 0.357 e. The summed E-state index contributed by atoms with van der Waals surface area (Å²) < 4.78 is 1.98. The quantitative estimate of drug-likeness (QED) is 0.345. The highest BCUT2D eigenvalue weighted by molar-refractivity contribution is 14.0.